The lowest BCUT2D eigenvalue weighted by Gasteiger charge is -2.13. The van der Waals surface area contributed by atoms with Crippen molar-refractivity contribution in [1.82, 2.24) is 15.2 Å². The van der Waals surface area contributed by atoms with E-state index in [-0.39, 0.29) is 17.3 Å². The van der Waals surface area contributed by atoms with Crippen molar-refractivity contribution in [2.45, 2.75) is 33.4 Å². The fourth-order valence-electron chi connectivity index (χ4n) is 3.25. The molecule has 1 aromatic heterocycles. The normalized spacial score (nSPS) is 11.7. The first-order valence-corrected chi connectivity index (χ1v) is 9.89. The van der Waals surface area contributed by atoms with Crippen LogP contribution in [0.2, 0.25) is 0 Å². The topological polar surface area (TPSA) is 94.8 Å². The molecule has 31 heavy (non-hydrogen) atoms. The van der Waals surface area contributed by atoms with Gasteiger partial charge in [0.05, 0.1) is 30.9 Å². The number of carbonyl (C=O) groups excluding carboxylic acids is 1. The molecule has 1 heterocycles. The summed E-state index contributed by atoms with van der Waals surface area (Å²) in [5.74, 6) is 0.227. The third-order valence-electron chi connectivity index (χ3n) is 4.86. The van der Waals surface area contributed by atoms with Crippen LogP contribution < -0.4 is 15.7 Å². The van der Waals surface area contributed by atoms with Crippen molar-refractivity contribution in [3.63, 3.8) is 0 Å². The molecule has 8 heteroatoms. The number of nitrogens with one attached hydrogen (secondary N) is 1. The highest BCUT2D eigenvalue weighted by Gasteiger charge is 2.17. The van der Waals surface area contributed by atoms with E-state index in [1.54, 1.807) is 45.4 Å². The number of rotatable bonds is 7. The number of ether oxygens (including phenoxy) is 2. The van der Waals surface area contributed by atoms with E-state index in [4.69, 9.17) is 9.47 Å². The molecule has 3 aromatic rings. The molecule has 0 fully saturated rings. The molecule has 2 aromatic carbocycles. The molecule has 0 aliphatic heterocycles. The van der Waals surface area contributed by atoms with Crippen LogP contribution in [0.4, 0.5) is 0 Å². The number of methoxy groups -OCH3 is 2. The summed E-state index contributed by atoms with van der Waals surface area (Å²) in [7, 11) is 3.21. The maximum Gasteiger partial charge on any atom is 0.292 e. The smallest absolute Gasteiger partial charge is 0.292 e. The van der Waals surface area contributed by atoms with Gasteiger partial charge in [0, 0.05) is 18.1 Å². The molecule has 162 valence electrons. The van der Waals surface area contributed by atoms with E-state index in [0.29, 0.717) is 28.8 Å². The van der Waals surface area contributed by atoms with E-state index in [0.717, 1.165) is 11.1 Å². The maximum absolute atomic E-state index is 12.9. The molecule has 0 unspecified atom stereocenters. The van der Waals surface area contributed by atoms with Crippen LogP contribution in [0.25, 0.3) is 10.8 Å². The summed E-state index contributed by atoms with van der Waals surface area (Å²) in [6, 6.07) is 12.3. The molecule has 0 atom stereocenters. The van der Waals surface area contributed by atoms with E-state index < -0.39 is 5.91 Å². The third-order valence-corrected chi connectivity index (χ3v) is 4.86. The minimum atomic E-state index is -0.490. The van der Waals surface area contributed by atoms with Gasteiger partial charge in [0.2, 0.25) is 0 Å². The summed E-state index contributed by atoms with van der Waals surface area (Å²) in [4.78, 5) is 25.6. The van der Waals surface area contributed by atoms with E-state index >= 15 is 0 Å². The lowest BCUT2D eigenvalue weighted by Crippen LogP contribution is -2.30. The molecule has 0 bridgehead atoms. The van der Waals surface area contributed by atoms with Gasteiger partial charge in [-0.25, -0.2) is 10.1 Å². The number of hydrazone groups is 1. The summed E-state index contributed by atoms with van der Waals surface area (Å²) in [6.45, 7) is 5.87. The van der Waals surface area contributed by atoms with Crippen LogP contribution in [-0.4, -0.2) is 35.6 Å². The van der Waals surface area contributed by atoms with Gasteiger partial charge in [-0.05, 0) is 50.6 Å². The van der Waals surface area contributed by atoms with E-state index in [1.807, 2.05) is 32.0 Å². The second-order valence-electron chi connectivity index (χ2n) is 7.34. The molecule has 1 N–H and O–H groups in total. The van der Waals surface area contributed by atoms with Gasteiger partial charge < -0.3 is 9.47 Å². The Morgan fingerprint density at radius 2 is 1.87 bits per heavy atom. The second-order valence-corrected chi connectivity index (χ2v) is 7.34. The zero-order valence-corrected chi connectivity index (χ0v) is 18.3. The first kappa shape index (κ1) is 22.2. The zero-order chi connectivity index (χ0) is 22.5. The highest BCUT2D eigenvalue weighted by molar-refractivity contribution is 6.06. The number of aromatic nitrogens is 2. The molecule has 1 amide bonds. The van der Waals surface area contributed by atoms with Crippen molar-refractivity contribution in [3.05, 3.63) is 69.6 Å². The van der Waals surface area contributed by atoms with Gasteiger partial charge in [-0.1, -0.05) is 18.2 Å². The van der Waals surface area contributed by atoms with Crippen LogP contribution in [0.3, 0.4) is 0 Å². The summed E-state index contributed by atoms with van der Waals surface area (Å²) < 4.78 is 11.9. The van der Waals surface area contributed by atoms with Gasteiger partial charge in [0.15, 0.2) is 5.69 Å². The Kier molecular flexibility index (Phi) is 6.81. The maximum atomic E-state index is 12.9. The van der Waals surface area contributed by atoms with E-state index in [2.05, 4.69) is 15.6 Å². The van der Waals surface area contributed by atoms with Gasteiger partial charge in [0.25, 0.3) is 11.5 Å². The minimum absolute atomic E-state index is 0.148. The van der Waals surface area contributed by atoms with E-state index in [1.165, 1.54) is 4.68 Å². The first-order chi connectivity index (χ1) is 14.9. The number of hydrogen-bond donors (Lipinski definition) is 1. The molecular weight excluding hydrogens is 396 g/mol. The van der Waals surface area contributed by atoms with Crippen molar-refractivity contribution in [1.29, 1.82) is 0 Å². The van der Waals surface area contributed by atoms with Crippen LogP contribution in [0.1, 0.15) is 48.4 Å². The van der Waals surface area contributed by atoms with Crippen LogP contribution in [0, 0.1) is 0 Å². The summed E-state index contributed by atoms with van der Waals surface area (Å²) in [6.07, 6.45) is 0. The molecule has 0 aliphatic carbocycles. The molecule has 0 radical (unpaired) electrons. The number of amides is 1. The van der Waals surface area contributed by atoms with Crippen molar-refractivity contribution >= 4 is 22.4 Å². The molecule has 3 rings (SSSR count). The number of fused-ring (bicyclic) bond motifs is 1. The lowest BCUT2D eigenvalue weighted by atomic mass is 10.1. The van der Waals surface area contributed by atoms with Crippen molar-refractivity contribution in [2.75, 3.05) is 14.2 Å². The fraction of sp³-hybridized carbons (Fsp3) is 0.304. The molecule has 0 saturated heterocycles. The number of nitrogens with zero attached hydrogens (tertiary/aromatic N) is 3. The lowest BCUT2D eigenvalue weighted by molar-refractivity contribution is 0.0949. The minimum Gasteiger partial charge on any atom is -0.496 e. The van der Waals surface area contributed by atoms with Crippen LogP contribution in [0.15, 0.2) is 52.4 Å². The molecule has 0 spiro atoms. The van der Waals surface area contributed by atoms with Gasteiger partial charge in [-0.2, -0.15) is 10.2 Å². The standard InChI is InChI=1S/C23H26N4O4/c1-14(2)27-23(29)19-9-7-6-8-18(19)21(26-27)22(28)25-24-15(3)16-10-11-20(31-5)17(12-16)13-30-4/h6-12,14H,13H2,1-5H3,(H,25,28)/b24-15-. The summed E-state index contributed by atoms with van der Waals surface area (Å²) in [5, 5.41) is 9.47. The average Bonchev–Trinajstić information content (AvgIpc) is 2.77. The van der Waals surface area contributed by atoms with Crippen LogP contribution >= 0.6 is 0 Å². The van der Waals surface area contributed by atoms with Crippen LogP contribution in [0.5, 0.6) is 5.75 Å². The predicted octanol–water partition coefficient (Wildman–Crippen LogP) is 3.29. The molecule has 0 saturated carbocycles. The molecule has 0 aliphatic rings. The Morgan fingerprint density at radius 1 is 1.16 bits per heavy atom. The first-order valence-electron chi connectivity index (χ1n) is 9.89. The Balaban J connectivity index is 1.94. The van der Waals surface area contributed by atoms with E-state index in [9.17, 15) is 9.59 Å². The highest BCUT2D eigenvalue weighted by atomic mass is 16.5. The van der Waals surface area contributed by atoms with Crippen molar-refractivity contribution in [2.24, 2.45) is 5.10 Å². The monoisotopic (exact) mass is 422 g/mol. The molecular formula is C23H26N4O4. The third kappa shape index (κ3) is 4.64. The Bertz CT molecular complexity index is 1200. The number of hydrogen-bond acceptors (Lipinski definition) is 6. The summed E-state index contributed by atoms with van der Waals surface area (Å²) in [5.41, 5.74) is 4.78. The highest BCUT2D eigenvalue weighted by Crippen LogP contribution is 2.21. The van der Waals surface area contributed by atoms with Crippen molar-refractivity contribution in [3.8, 4) is 5.75 Å². The quantitative estimate of drug-likeness (QED) is 0.466. The summed E-state index contributed by atoms with van der Waals surface area (Å²) >= 11 is 0. The van der Waals surface area contributed by atoms with Gasteiger partial charge >= 0.3 is 0 Å². The van der Waals surface area contributed by atoms with Gasteiger partial charge in [-0.3, -0.25) is 9.59 Å². The largest absolute Gasteiger partial charge is 0.496 e. The number of benzene rings is 2. The Labute approximate surface area is 180 Å². The predicted molar refractivity (Wildman–Crippen MR) is 120 cm³/mol. The Morgan fingerprint density at radius 3 is 2.52 bits per heavy atom. The van der Waals surface area contributed by atoms with Gasteiger partial charge in [0.1, 0.15) is 5.75 Å². The second kappa shape index (κ2) is 9.53. The van der Waals surface area contributed by atoms with Gasteiger partial charge in [-0.15, -0.1) is 0 Å². The molecule has 8 nitrogen and oxygen atoms in total. The SMILES string of the molecule is COCc1cc(/C(C)=N\NC(=O)c2nn(C(C)C)c(=O)c3ccccc23)ccc1OC. The fourth-order valence-corrected chi connectivity index (χ4v) is 3.25. The number of carbonyl (C=O) groups is 1. The van der Waals surface area contributed by atoms with Crippen LogP contribution in [-0.2, 0) is 11.3 Å². The Hall–Kier alpha value is -3.52. The zero-order valence-electron chi connectivity index (χ0n) is 18.3. The van der Waals surface area contributed by atoms with Crippen molar-refractivity contribution < 1.29 is 14.3 Å². The average molecular weight is 422 g/mol.